The van der Waals surface area contributed by atoms with E-state index in [1.165, 1.54) is 6.42 Å². The number of hydrogen-bond acceptors (Lipinski definition) is 2. The van der Waals surface area contributed by atoms with Crippen LogP contribution < -0.4 is 10.6 Å². The predicted octanol–water partition coefficient (Wildman–Crippen LogP) is 0.984. The Morgan fingerprint density at radius 2 is 1.90 bits per heavy atom. The van der Waals surface area contributed by atoms with Crippen LogP contribution >= 0.6 is 0 Å². The maximum Gasteiger partial charge on any atom is 0.0275 e. The molecule has 2 heteroatoms. The van der Waals surface area contributed by atoms with Crippen LogP contribution in [-0.2, 0) is 0 Å². The summed E-state index contributed by atoms with van der Waals surface area (Å²) >= 11 is 0. The zero-order valence-electron chi connectivity index (χ0n) is 7.62. The molecule has 0 radical (unpaired) electrons. The Balaban J connectivity index is 3.69. The van der Waals surface area contributed by atoms with Gasteiger partial charge in [-0.25, -0.2) is 0 Å². The lowest BCUT2D eigenvalue weighted by atomic mass is 9.99. The van der Waals surface area contributed by atoms with Crippen molar-refractivity contribution in [3.63, 3.8) is 0 Å². The molecule has 2 nitrogen and oxygen atoms in total. The first-order valence-electron chi connectivity index (χ1n) is 4.08. The summed E-state index contributed by atoms with van der Waals surface area (Å²) in [6, 6.07) is 0. The van der Waals surface area contributed by atoms with Crippen molar-refractivity contribution < 1.29 is 0 Å². The van der Waals surface area contributed by atoms with Crippen LogP contribution in [0.15, 0.2) is 0 Å². The Hall–Kier alpha value is -0.0800. The van der Waals surface area contributed by atoms with Crippen LogP contribution in [0.5, 0.6) is 0 Å². The molecule has 0 saturated heterocycles. The molecule has 0 aliphatic rings. The average molecular weight is 144 g/mol. The van der Waals surface area contributed by atoms with Gasteiger partial charge in [0, 0.05) is 12.1 Å². The van der Waals surface area contributed by atoms with Crippen molar-refractivity contribution >= 4 is 0 Å². The lowest BCUT2D eigenvalue weighted by Gasteiger charge is -2.28. The highest BCUT2D eigenvalue weighted by Gasteiger charge is 2.18. The molecule has 0 fully saturated rings. The van der Waals surface area contributed by atoms with E-state index in [0.717, 1.165) is 13.1 Å². The quantitative estimate of drug-likeness (QED) is 0.601. The maximum atomic E-state index is 3.45. The second kappa shape index (κ2) is 4.69. The molecule has 0 amide bonds. The maximum absolute atomic E-state index is 3.45. The highest BCUT2D eigenvalue weighted by molar-refractivity contribution is 4.82. The van der Waals surface area contributed by atoms with Gasteiger partial charge in [-0.05, 0) is 26.9 Å². The third-order valence-corrected chi connectivity index (χ3v) is 1.95. The SMILES string of the molecule is CCNC(C)(CC)CNC. The van der Waals surface area contributed by atoms with E-state index in [0.29, 0.717) is 0 Å². The van der Waals surface area contributed by atoms with Crippen molar-refractivity contribution in [2.75, 3.05) is 20.1 Å². The van der Waals surface area contributed by atoms with Crippen molar-refractivity contribution in [3.8, 4) is 0 Å². The molecule has 1 atom stereocenters. The van der Waals surface area contributed by atoms with Crippen LogP contribution in [0.4, 0.5) is 0 Å². The molecule has 0 aromatic heterocycles. The predicted molar refractivity (Wildman–Crippen MR) is 46.3 cm³/mol. The third-order valence-electron chi connectivity index (χ3n) is 1.95. The fourth-order valence-electron chi connectivity index (χ4n) is 1.13. The fraction of sp³-hybridized carbons (Fsp3) is 1.00. The first-order chi connectivity index (χ1) is 4.68. The summed E-state index contributed by atoms with van der Waals surface area (Å²) in [5, 5.41) is 6.63. The Bertz CT molecular complexity index is 75.3. The monoisotopic (exact) mass is 144 g/mol. The fourth-order valence-corrected chi connectivity index (χ4v) is 1.13. The minimum atomic E-state index is 0.281. The smallest absolute Gasteiger partial charge is 0.0275 e. The number of likely N-dealkylation sites (N-methyl/N-ethyl adjacent to an activating group) is 2. The van der Waals surface area contributed by atoms with Gasteiger partial charge < -0.3 is 10.6 Å². The number of rotatable bonds is 5. The lowest BCUT2D eigenvalue weighted by molar-refractivity contribution is 0.341. The summed E-state index contributed by atoms with van der Waals surface area (Å²) in [7, 11) is 1.99. The topological polar surface area (TPSA) is 24.1 Å². The van der Waals surface area contributed by atoms with Crippen LogP contribution in [0, 0.1) is 0 Å². The second-order valence-corrected chi connectivity index (χ2v) is 2.97. The van der Waals surface area contributed by atoms with Crippen molar-refractivity contribution in [3.05, 3.63) is 0 Å². The Morgan fingerprint density at radius 1 is 1.30 bits per heavy atom. The molecule has 0 aromatic carbocycles. The molecule has 0 aromatic rings. The van der Waals surface area contributed by atoms with E-state index in [2.05, 4.69) is 31.4 Å². The molecule has 0 spiro atoms. The molecular formula is C8H20N2. The lowest BCUT2D eigenvalue weighted by Crippen LogP contribution is -2.48. The van der Waals surface area contributed by atoms with Crippen LogP contribution in [0.25, 0.3) is 0 Å². The molecule has 0 bridgehead atoms. The molecule has 10 heavy (non-hydrogen) atoms. The van der Waals surface area contributed by atoms with E-state index in [1.54, 1.807) is 0 Å². The first-order valence-corrected chi connectivity index (χ1v) is 4.08. The van der Waals surface area contributed by atoms with Gasteiger partial charge in [0.2, 0.25) is 0 Å². The Morgan fingerprint density at radius 3 is 2.20 bits per heavy atom. The van der Waals surface area contributed by atoms with E-state index >= 15 is 0 Å². The first kappa shape index (κ1) is 9.92. The van der Waals surface area contributed by atoms with E-state index in [-0.39, 0.29) is 5.54 Å². The van der Waals surface area contributed by atoms with Crippen molar-refractivity contribution in [1.29, 1.82) is 0 Å². The van der Waals surface area contributed by atoms with Crippen molar-refractivity contribution in [2.24, 2.45) is 0 Å². The standard InChI is InChI=1S/C8H20N2/c1-5-8(3,7-9-4)10-6-2/h9-10H,5-7H2,1-4H3. The molecule has 62 valence electrons. The van der Waals surface area contributed by atoms with Crippen molar-refractivity contribution in [2.45, 2.75) is 32.7 Å². The van der Waals surface area contributed by atoms with Gasteiger partial charge in [0.15, 0.2) is 0 Å². The normalized spacial score (nSPS) is 16.8. The molecule has 0 saturated carbocycles. The molecule has 0 heterocycles. The summed E-state index contributed by atoms with van der Waals surface area (Å²) in [6.07, 6.45) is 1.17. The highest BCUT2D eigenvalue weighted by atomic mass is 15.0. The minimum Gasteiger partial charge on any atom is -0.318 e. The number of hydrogen-bond donors (Lipinski definition) is 2. The van der Waals surface area contributed by atoms with E-state index < -0.39 is 0 Å². The van der Waals surface area contributed by atoms with Crippen LogP contribution in [-0.4, -0.2) is 25.7 Å². The zero-order valence-corrected chi connectivity index (χ0v) is 7.62. The van der Waals surface area contributed by atoms with Gasteiger partial charge in [-0.1, -0.05) is 13.8 Å². The molecule has 0 aliphatic heterocycles. The largest absolute Gasteiger partial charge is 0.318 e. The van der Waals surface area contributed by atoms with Gasteiger partial charge in [-0.15, -0.1) is 0 Å². The minimum absolute atomic E-state index is 0.281. The van der Waals surface area contributed by atoms with E-state index in [4.69, 9.17) is 0 Å². The van der Waals surface area contributed by atoms with Gasteiger partial charge in [0.1, 0.15) is 0 Å². The van der Waals surface area contributed by atoms with Gasteiger partial charge in [0.25, 0.3) is 0 Å². The van der Waals surface area contributed by atoms with Crippen LogP contribution in [0.2, 0.25) is 0 Å². The average Bonchev–Trinajstić information content (AvgIpc) is 1.89. The zero-order chi connectivity index (χ0) is 8.04. The Labute approximate surface area is 64.4 Å². The second-order valence-electron chi connectivity index (χ2n) is 2.97. The van der Waals surface area contributed by atoms with Gasteiger partial charge in [0.05, 0.1) is 0 Å². The highest BCUT2D eigenvalue weighted by Crippen LogP contribution is 2.05. The Kier molecular flexibility index (Phi) is 4.65. The third kappa shape index (κ3) is 3.18. The van der Waals surface area contributed by atoms with Crippen LogP contribution in [0.1, 0.15) is 27.2 Å². The summed E-state index contributed by atoms with van der Waals surface area (Å²) < 4.78 is 0. The number of nitrogens with one attached hydrogen (secondary N) is 2. The summed E-state index contributed by atoms with van der Waals surface area (Å²) in [5.41, 5.74) is 0.281. The van der Waals surface area contributed by atoms with Gasteiger partial charge in [-0.2, -0.15) is 0 Å². The van der Waals surface area contributed by atoms with Crippen molar-refractivity contribution in [1.82, 2.24) is 10.6 Å². The van der Waals surface area contributed by atoms with Gasteiger partial charge in [-0.3, -0.25) is 0 Å². The molecule has 1 unspecified atom stereocenters. The summed E-state index contributed by atoms with van der Waals surface area (Å²) in [6.45, 7) is 8.68. The van der Waals surface area contributed by atoms with Crippen LogP contribution in [0.3, 0.4) is 0 Å². The molecule has 0 aliphatic carbocycles. The van der Waals surface area contributed by atoms with E-state index in [1.807, 2.05) is 7.05 Å². The molecule has 0 rings (SSSR count). The van der Waals surface area contributed by atoms with E-state index in [9.17, 15) is 0 Å². The molecule has 2 N–H and O–H groups in total. The molecular weight excluding hydrogens is 124 g/mol. The van der Waals surface area contributed by atoms with Gasteiger partial charge >= 0.3 is 0 Å². The summed E-state index contributed by atoms with van der Waals surface area (Å²) in [4.78, 5) is 0. The summed E-state index contributed by atoms with van der Waals surface area (Å²) in [5.74, 6) is 0.